The Kier molecular flexibility index (Phi) is 2.22. The van der Waals surface area contributed by atoms with Crippen LogP contribution in [0.25, 0.3) is 11.4 Å². The van der Waals surface area contributed by atoms with Crippen LogP contribution in [-0.2, 0) is 5.54 Å². The normalized spacial score (nSPS) is 17.8. The largest absolute Gasteiger partial charge is 0.337 e. The number of rotatable bonds is 2. The van der Waals surface area contributed by atoms with Crippen LogP contribution < -0.4 is 5.73 Å². The van der Waals surface area contributed by atoms with Crippen LogP contribution in [0, 0.1) is 6.92 Å². The Morgan fingerprint density at radius 2 is 2.24 bits per heavy atom. The zero-order valence-corrected chi connectivity index (χ0v) is 9.68. The van der Waals surface area contributed by atoms with Gasteiger partial charge in [-0.15, -0.1) is 0 Å². The summed E-state index contributed by atoms with van der Waals surface area (Å²) in [6.45, 7) is 1.97. The summed E-state index contributed by atoms with van der Waals surface area (Å²) in [5.41, 5.74) is 7.72. The summed E-state index contributed by atoms with van der Waals surface area (Å²) in [6, 6.07) is 1.88. The minimum atomic E-state index is -0.397. The lowest BCUT2D eigenvalue weighted by Gasteiger charge is -2.33. The van der Waals surface area contributed by atoms with Gasteiger partial charge in [0, 0.05) is 18.0 Å². The van der Waals surface area contributed by atoms with Crippen molar-refractivity contribution >= 4 is 0 Å². The average molecular weight is 230 g/mol. The number of pyridine rings is 1. The molecule has 0 saturated heterocycles. The van der Waals surface area contributed by atoms with E-state index in [1.807, 2.05) is 13.0 Å². The second kappa shape index (κ2) is 3.63. The Labute approximate surface area is 99.1 Å². The molecule has 88 valence electrons. The summed E-state index contributed by atoms with van der Waals surface area (Å²) in [5, 5.41) is 4.00. The van der Waals surface area contributed by atoms with Crippen molar-refractivity contribution in [1.29, 1.82) is 0 Å². The van der Waals surface area contributed by atoms with Gasteiger partial charge in [-0.3, -0.25) is 4.98 Å². The summed E-state index contributed by atoms with van der Waals surface area (Å²) in [7, 11) is 0. The van der Waals surface area contributed by atoms with E-state index in [1.165, 1.54) is 0 Å². The van der Waals surface area contributed by atoms with Crippen molar-refractivity contribution in [3.63, 3.8) is 0 Å². The third-order valence-corrected chi connectivity index (χ3v) is 3.36. The predicted octanol–water partition coefficient (Wildman–Crippen LogP) is 1.78. The van der Waals surface area contributed by atoms with E-state index in [0.29, 0.717) is 11.7 Å². The fourth-order valence-corrected chi connectivity index (χ4v) is 2.03. The summed E-state index contributed by atoms with van der Waals surface area (Å²) in [6.07, 6.45) is 6.48. The topological polar surface area (TPSA) is 77.8 Å². The summed E-state index contributed by atoms with van der Waals surface area (Å²) >= 11 is 0. The van der Waals surface area contributed by atoms with Crippen molar-refractivity contribution < 1.29 is 4.52 Å². The minimum absolute atomic E-state index is 0.397. The molecule has 2 N–H and O–H groups in total. The molecule has 1 aliphatic carbocycles. The highest BCUT2D eigenvalue weighted by atomic mass is 16.5. The molecule has 0 spiro atoms. The van der Waals surface area contributed by atoms with Gasteiger partial charge in [0.1, 0.15) is 0 Å². The zero-order chi connectivity index (χ0) is 11.9. The van der Waals surface area contributed by atoms with Crippen LogP contribution in [-0.4, -0.2) is 15.1 Å². The molecule has 17 heavy (non-hydrogen) atoms. The molecule has 5 nitrogen and oxygen atoms in total. The molecule has 5 heteroatoms. The van der Waals surface area contributed by atoms with Gasteiger partial charge in [0.15, 0.2) is 0 Å². The maximum absolute atomic E-state index is 6.14. The van der Waals surface area contributed by atoms with Gasteiger partial charge in [0.2, 0.25) is 11.7 Å². The third kappa shape index (κ3) is 1.63. The van der Waals surface area contributed by atoms with E-state index in [0.717, 1.165) is 30.4 Å². The second-order valence-corrected chi connectivity index (χ2v) is 4.62. The molecule has 0 atom stereocenters. The van der Waals surface area contributed by atoms with Gasteiger partial charge in [-0.1, -0.05) is 5.16 Å². The Morgan fingerprint density at radius 1 is 1.41 bits per heavy atom. The van der Waals surface area contributed by atoms with E-state index in [-0.39, 0.29) is 0 Å². The average Bonchev–Trinajstić information content (AvgIpc) is 2.76. The first-order chi connectivity index (χ1) is 8.19. The van der Waals surface area contributed by atoms with Gasteiger partial charge in [-0.05, 0) is 37.8 Å². The Hall–Kier alpha value is -1.75. The van der Waals surface area contributed by atoms with Gasteiger partial charge in [0.25, 0.3) is 0 Å². The van der Waals surface area contributed by atoms with Gasteiger partial charge in [-0.2, -0.15) is 4.98 Å². The molecule has 1 aliphatic rings. The van der Waals surface area contributed by atoms with Crippen molar-refractivity contribution in [3.8, 4) is 11.4 Å². The van der Waals surface area contributed by atoms with Gasteiger partial charge in [0.05, 0.1) is 5.54 Å². The molecule has 2 aromatic rings. The van der Waals surface area contributed by atoms with Crippen LogP contribution in [0.5, 0.6) is 0 Å². The first kappa shape index (κ1) is 10.4. The van der Waals surface area contributed by atoms with Crippen molar-refractivity contribution in [1.82, 2.24) is 15.1 Å². The van der Waals surface area contributed by atoms with Crippen molar-refractivity contribution in [3.05, 3.63) is 29.9 Å². The molecule has 0 aromatic carbocycles. The maximum Gasteiger partial charge on any atom is 0.247 e. The fraction of sp³-hybridized carbons (Fsp3) is 0.417. The first-order valence-electron chi connectivity index (χ1n) is 5.73. The number of aryl methyl sites for hydroxylation is 1. The van der Waals surface area contributed by atoms with E-state index < -0.39 is 5.54 Å². The van der Waals surface area contributed by atoms with Crippen LogP contribution in [0.1, 0.15) is 30.7 Å². The first-order valence-corrected chi connectivity index (χ1v) is 5.73. The number of nitrogens with two attached hydrogens (primary N) is 1. The van der Waals surface area contributed by atoms with E-state index in [2.05, 4.69) is 15.1 Å². The summed E-state index contributed by atoms with van der Waals surface area (Å²) in [4.78, 5) is 8.45. The Morgan fingerprint density at radius 3 is 2.88 bits per heavy atom. The monoisotopic (exact) mass is 230 g/mol. The molecular formula is C12H14N4O. The van der Waals surface area contributed by atoms with Crippen LogP contribution in [0.15, 0.2) is 23.0 Å². The number of hydrogen-bond donors (Lipinski definition) is 1. The Bertz CT molecular complexity index is 545. The summed E-state index contributed by atoms with van der Waals surface area (Å²) < 4.78 is 5.27. The fourth-order valence-electron chi connectivity index (χ4n) is 2.03. The lowest BCUT2D eigenvalue weighted by Crippen LogP contribution is -2.43. The van der Waals surface area contributed by atoms with E-state index in [1.54, 1.807) is 12.4 Å². The van der Waals surface area contributed by atoms with Crippen molar-refractivity contribution in [2.75, 3.05) is 0 Å². The molecule has 0 aliphatic heterocycles. The van der Waals surface area contributed by atoms with Crippen molar-refractivity contribution in [2.24, 2.45) is 5.73 Å². The molecule has 0 radical (unpaired) electrons. The predicted molar refractivity (Wildman–Crippen MR) is 62.0 cm³/mol. The minimum Gasteiger partial charge on any atom is -0.337 e. The second-order valence-electron chi connectivity index (χ2n) is 4.62. The van der Waals surface area contributed by atoms with Crippen LogP contribution in [0.4, 0.5) is 0 Å². The number of aromatic nitrogens is 3. The highest BCUT2D eigenvalue weighted by Gasteiger charge is 2.40. The lowest BCUT2D eigenvalue weighted by atomic mass is 9.78. The summed E-state index contributed by atoms with van der Waals surface area (Å²) in [5.74, 6) is 1.14. The number of hydrogen-bond acceptors (Lipinski definition) is 5. The quantitative estimate of drug-likeness (QED) is 0.850. The zero-order valence-electron chi connectivity index (χ0n) is 9.68. The highest BCUT2D eigenvalue weighted by Crippen LogP contribution is 2.38. The molecule has 1 saturated carbocycles. The molecule has 0 unspecified atom stereocenters. The standard InChI is InChI=1S/C12H14N4O/c1-8-7-14-6-3-9(8)10-15-11(17-16-10)12(13)4-2-5-12/h3,6-7H,2,4-5,13H2,1H3. The Balaban J connectivity index is 1.98. The van der Waals surface area contributed by atoms with E-state index in [9.17, 15) is 0 Å². The molecule has 3 rings (SSSR count). The SMILES string of the molecule is Cc1cnccc1-c1noc(C2(N)CCC2)n1. The van der Waals surface area contributed by atoms with Crippen molar-refractivity contribution in [2.45, 2.75) is 31.7 Å². The molecule has 0 bridgehead atoms. The van der Waals surface area contributed by atoms with Gasteiger partial charge < -0.3 is 10.3 Å². The molecule has 2 aromatic heterocycles. The smallest absolute Gasteiger partial charge is 0.247 e. The van der Waals surface area contributed by atoms with Gasteiger partial charge >= 0.3 is 0 Å². The molecule has 2 heterocycles. The van der Waals surface area contributed by atoms with Crippen LogP contribution in [0.3, 0.4) is 0 Å². The maximum atomic E-state index is 6.14. The molecular weight excluding hydrogens is 216 g/mol. The highest BCUT2D eigenvalue weighted by molar-refractivity contribution is 5.58. The molecule has 1 fully saturated rings. The van der Waals surface area contributed by atoms with E-state index >= 15 is 0 Å². The van der Waals surface area contributed by atoms with Gasteiger partial charge in [-0.25, -0.2) is 0 Å². The molecule has 0 amide bonds. The van der Waals surface area contributed by atoms with E-state index in [4.69, 9.17) is 10.3 Å². The third-order valence-electron chi connectivity index (χ3n) is 3.36. The lowest BCUT2D eigenvalue weighted by molar-refractivity contribution is 0.181. The van der Waals surface area contributed by atoms with Crippen LogP contribution in [0.2, 0.25) is 0 Å². The van der Waals surface area contributed by atoms with Crippen LogP contribution >= 0.6 is 0 Å². The number of nitrogens with zero attached hydrogens (tertiary/aromatic N) is 3.